The van der Waals surface area contributed by atoms with Crippen LogP contribution in [-0.2, 0) is 4.79 Å². The summed E-state index contributed by atoms with van der Waals surface area (Å²) in [5.74, 6) is 0.997. The highest BCUT2D eigenvalue weighted by molar-refractivity contribution is 9.10. The topological polar surface area (TPSA) is 98.0 Å². The number of aliphatic hydroxyl groups excluding tert-OH is 3. The molecule has 0 heterocycles. The summed E-state index contributed by atoms with van der Waals surface area (Å²) in [6.07, 6.45) is 6.00. The number of aliphatic hydroxyl groups is 3. The zero-order chi connectivity index (χ0) is 27.1. The lowest BCUT2D eigenvalue weighted by molar-refractivity contribution is -0.207. The van der Waals surface area contributed by atoms with Crippen molar-refractivity contribution in [1.82, 2.24) is 0 Å². The fourth-order valence-electron chi connectivity index (χ4n) is 9.22. The Morgan fingerprint density at radius 1 is 1.03 bits per heavy atom. The highest BCUT2D eigenvalue weighted by Crippen LogP contribution is 2.68. The van der Waals surface area contributed by atoms with E-state index < -0.39 is 12.1 Å². The summed E-state index contributed by atoms with van der Waals surface area (Å²) in [5, 5.41) is 42.0. The lowest BCUT2D eigenvalue weighted by Gasteiger charge is -2.63. The summed E-state index contributed by atoms with van der Waals surface area (Å²) in [4.78, 5) is 11.1. The van der Waals surface area contributed by atoms with Crippen LogP contribution in [0.4, 0.5) is 0 Å². The molecule has 4 N–H and O–H groups in total. The second kappa shape index (κ2) is 11.3. The molecule has 37 heavy (non-hydrogen) atoms. The van der Waals surface area contributed by atoms with Gasteiger partial charge in [0.2, 0.25) is 0 Å². The quantitative estimate of drug-likeness (QED) is 0.340. The summed E-state index contributed by atoms with van der Waals surface area (Å²) in [6.45, 7) is 8.80. The van der Waals surface area contributed by atoms with Crippen LogP contribution in [-0.4, -0.2) is 44.7 Å². The molecular weight excluding hydrogens is 532 g/mol. The normalized spacial score (nSPS) is 43.5. The summed E-state index contributed by atoms with van der Waals surface area (Å²) in [7, 11) is 0. The molecular formula is C31H47BrO5. The second-order valence-electron chi connectivity index (χ2n) is 13.2. The molecule has 0 bridgehead atoms. The first-order chi connectivity index (χ1) is 17.4. The predicted octanol–water partition coefficient (Wildman–Crippen LogP) is 6.21. The zero-order valence-corrected chi connectivity index (χ0v) is 24.5. The van der Waals surface area contributed by atoms with E-state index in [-0.39, 0.29) is 41.3 Å². The van der Waals surface area contributed by atoms with E-state index in [4.69, 9.17) is 5.11 Å². The zero-order valence-electron chi connectivity index (χ0n) is 22.9. The van der Waals surface area contributed by atoms with E-state index >= 15 is 0 Å². The summed E-state index contributed by atoms with van der Waals surface area (Å²) >= 11 is 3.35. The van der Waals surface area contributed by atoms with Gasteiger partial charge in [-0.3, -0.25) is 4.79 Å². The van der Waals surface area contributed by atoms with Crippen LogP contribution in [0.2, 0.25) is 0 Å². The number of halogens is 1. The number of carboxylic acid groups (broad SMARTS) is 1. The molecule has 4 aliphatic rings. The number of aryl methyl sites for hydroxylation is 1. The molecule has 0 unspecified atom stereocenters. The monoisotopic (exact) mass is 578 g/mol. The number of benzene rings is 1. The average molecular weight is 580 g/mol. The molecule has 4 aliphatic carbocycles. The van der Waals surface area contributed by atoms with Crippen LogP contribution in [0.1, 0.15) is 84.1 Å². The van der Waals surface area contributed by atoms with Crippen molar-refractivity contribution in [3.05, 3.63) is 34.3 Å². The van der Waals surface area contributed by atoms with Crippen molar-refractivity contribution in [1.29, 1.82) is 0 Å². The van der Waals surface area contributed by atoms with E-state index in [1.54, 1.807) is 0 Å². The first-order valence-corrected chi connectivity index (χ1v) is 15.1. The van der Waals surface area contributed by atoms with Crippen molar-refractivity contribution in [3.63, 3.8) is 0 Å². The van der Waals surface area contributed by atoms with Gasteiger partial charge < -0.3 is 20.4 Å². The van der Waals surface area contributed by atoms with E-state index in [0.29, 0.717) is 30.1 Å². The van der Waals surface area contributed by atoms with Gasteiger partial charge in [0.05, 0.1) is 18.3 Å². The molecule has 4 fully saturated rings. The number of hydrogen-bond acceptors (Lipinski definition) is 4. The maximum Gasteiger partial charge on any atom is 0.303 e. The third-order valence-electron chi connectivity index (χ3n) is 11.3. The van der Waals surface area contributed by atoms with Crippen LogP contribution in [0, 0.1) is 53.3 Å². The molecule has 1 aromatic rings. The molecule has 0 aromatic heterocycles. The molecule has 0 saturated heterocycles. The summed E-state index contributed by atoms with van der Waals surface area (Å²) in [5.41, 5.74) is 1.16. The Morgan fingerprint density at radius 3 is 2.32 bits per heavy atom. The largest absolute Gasteiger partial charge is 0.481 e. The van der Waals surface area contributed by atoms with Gasteiger partial charge in [0.25, 0.3) is 0 Å². The SMILES string of the molecule is C[C@H](CCC(=O)O)[C@H]1CC[C@H]2[C@@H]3[C@H](O)C[C@@H]4C[C@H](O)CC[C@]4(C)[C@H]3C[C@H](O)[C@]12C.Cc1ccc(Br)cc1. The van der Waals surface area contributed by atoms with Gasteiger partial charge in [0.1, 0.15) is 0 Å². The van der Waals surface area contributed by atoms with Crippen LogP contribution in [0.15, 0.2) is 28.7 Å². The number of fused-ring (bicyclic) bond motifs is 5. The molecule has 0 amide bonds. The Hall–Kier alpha value is -0.950. The van der Waals surface area contributed by atoms with Crippen molar-refractivity contribution in [2.45, 2.75) is 104 Å². The van der Waals surface area contributed by atoms with Crippen molar-refractivity contribution < 1.29 is 25.2 Å². The van der Waals surface area contributed by atoms with Crippen molar-refractivity contribution >= 4 is 21.9 Å². The molecule has 0 radical (unpaired) electrons. The molecule has 208 valence electrons. The average Bonchev–Trinajstić information content (AvgIpc) is 3.20. The second-order valence-corrected chi connectivity index (χ2v) is 14.1. The highest BCUT2D eigenvalue weighted by Gasteiger charge is 2.65. The molecule has 5 rings (SSSR count). The molecule has 4 saturated carbocycles. The maximum absolute atomic E-state index is 11.5. The minimum atomic E-state index is -0.748. The summed E-state index contributed by atoms with van der Waals surface area (Å²) < 4.78 is 1.14. The van der Waals surface area contributed by atoms with E-state index in [0.717, 1.165) is 49.4 Å². The number of carbonyl (C=O) groups is 1. The number of hydrogen-bond donors (Lipinski definition) is 4. The molecule has 1 aromatic carbocycles. The van der Waals surface area contributed by atoms with Gasteiger partial charge in [-0.15, -0.1) is 0 Å². The van der Waals surface area contributed by atoms with Gasteiger partial charge in [0.15, 0.2) is 0 Å². The van der Waals surface area contributed by atoms with Crippen LogP contribution in [0.5, 0.6) is 0 Å². The standard InChI is InChI=1S/C24H40O5.C7H7Br/c1-13(4-7-21(28)29)16-5-6-17-22-18(12-20(27)24(16,17)3)23(2)9-8-15(25)10-14(23)11-19(22)26;1-6-2-4-7(8)5-3-6/h13-20,22,25-27H,4-12H2,1-3H3,(H,28,29);2-5H,1H3/t13-,14+,15-,16-,17+,18+,19-,20+,22+,23+,24-;/m1./s1. The molecule has 0 aliphatic heterocycles. The maximum atomic E-state index is 11.5. The smallest absolute Gasteiger partial charge is 0.303 e. The van der Waals surface area contributed by atoms with Crippen molar-refractivity contribution in [3.8, 4) is 0 Å². The lowest BCUT2D eigenvalue weighted by atomic mass is 9.43. The molecule has 5 nitrogen and oxygen atoms in total. The summed E-state index contributed by atoms with van der Waals surface area (Å²) in [6, 6.07) is 8.22. The van der Waals surface area contributed by atoms with E-state index in [9.17, 15) is 20.1 Å². The minimum Gasteiger partial charge on any atom is -0.481 e. The van der Waals surface area contributed by atoms with Gasteiger partial charge >= 0.3 is 5.97 Å². The number of aliphatic carboxylic acids is 1. The Bertz CT molecular complexity index is 915. The van der Waals surface area contributed by atoms with Crippen LogP contribution >= 0.6 is 15.9 Å². The van der Waals surface area contributed by atoms with Crippen molar-refractivity contribution in [2.75, 3.05) is 0 Å². The predicted molar refractivity (Wildman–Crippen MR) is 149 cm³/mol. The first-order valence-electron chi connectivity index (χ1n) is 14.4. The van der Waals surface area contributed by atoms with Gasteiger partial charge in [-0.1, -0.05) is 54.4 Å². The fraction of sp³-hybridized carbons (Fsp3) is 0.774. The van der Waals surface area contributed by atoms with Gasteiger partial charge in [0, 0.05) is 10.9 Å². The van der Waals surface area contributed by atoms with Crippen LogP contribution in [0.25, 0.3) is 0 Å². The first kappa shape index (κ1) is 29.0. The van der Waals surface area contributed by atoms with E-state index in [2.05, 4.69) is 55.8 Å². The van der Waals surface area contributed by atoms with Crippen molar-refractivity contribution in [2.24, 2.45) is 46.3 Å². The Balaban J connectivity index is 0.000000342. The van der Waals surface area contributed by atoms with Gasteiger partial charge in [-0.25, -0.2) is 0 Å². The Morgan fingerprint density at radius 2 is 1.70 bits per heavy atom. The lowest BCUT2D eigenvalue weighted by Crippen LogP contribution is -2.62. The molecule has 0 spiro atoms. The molecule has 6 heteroatoms. The molecule has 11 atom stereocenters. The number of carboxylic acids is 1. The van der Waals surface area contributed by atoms with Crippen LogP contribution < -0.4 is 0 Å². The minimum absolute atomic E-state index is 0.0957. The Labute approximate surface area is 231 Å². The Kier molecular flexibility index (Phi) is 8.85. The van der Waals surface area contributed by atoms with Gasteiger partial charge in [-0.05, 0) is 117 Å². The third-order valence-corrected chi connectivity index (χ3v) is 11.9. The third kappa shape index (κ3) is 5.55. The fourth-order valence-corrected chi connectivity index (χ4v) is 9.48. The number of rotatable bonds is 4. The van der Waals surface area contributed by atoms with Gasteiger partial charge in [-0.2, -0.15) is 0 Å². The van der Waals surface area contributed by atoms with E-state index in [1.807, 2.05) is 12.1 Å². The van der Waals surface area contributed by atoms with Crippen LogP contribution in [0.3, 0.4) is 0 Å². The van der Waals surface area contributed by atoms with E-state index in [1.165, 1.54) is 5.56 Å². The highest BCUT2D eigenvalue weighted by atomic mass is 79.9.